The Morgan fingerprint density at radius 1 is 1.14 bits per heavy atom. The number of carbonyl (C=O) groups is 1. The molecule has 0 saturated carbocycles. The Labute approximate surface area is 243 Å². The van der Waals surface area contributed by atoms with Gasteiger partial charge in [0.05, 0.1) is 35.9 Å². The Balaban J connectivity index is 1.49. The highest BCUT2D eigenvalue weighted by atomic mass is 32.1. The van der Waals surface area contributed by atoms with Gasteiger partial charge < -0.3 is 20.3 Å². The second-order valence-corrected chi connectivity index (χ2v) is 10.7. The Bertz CT molecular complexity index is 1530. The molecular weight excluding hydrogens is 572 g/mol. The number of ether oxygens (including phenoxy) is 1. The molecule has 3 heterocycles. The van der Waals surface area contributed by atoms with Gasteiger partial charge in [-0.1, -0.05) is 12.1 Å². The third kappa shape index (κ3) is 6.85. The fourth-order valence-corrected chi connectivity index (χ4v) is 5.84. The summed E-state index contributed by atoms with van der Waals surface area (Å²) in [5, 5.41) is 15.7. The normalized spacial score (nSPS) is 15.5. The van der Waals surface area contributed by atoms with Crippen LogP contribution >= 0.6 is 11.3 Å². The molecule has 8 nitrogen and oxygen atoms in total. The number of nitrogens with zero attached hydrogens (tertiary/aromatic N) is 4. The average Bonchev–Trinajstić information content (AvgIpc) is 3.43. The first kappa shape index (κ1) is 29.4. The fraction of sp³-hybridized carbons (Fsp3) is 0.310. The number of hydrogen-bond acceptors (Lipinski definition) is 8. The van der Waals surface area contributed by atoms with Gasteiger partial charge in [-0.05, 0) is 62.7 Å². The van der Waals surface area contributed by atoms with Crippen molar-refractivity contribution in [1.29, 1.82) is 0 Å². The molecule has 2 aromatic heterocycles. The molecule has 0 unspecified atom stereocenters. The molecule has 1 atom stereocenters. The zero-order valence-corrected chi connectivity index (χ0v) is 23.4. The van der Waals surface area contributed by atoms with Gasteiger partial charge >= 0.3 is 6.18 Å². The predicted molar refractivity (Wildman–Crippen MR) is 152 cm³/mol. The number of benzene rings is 2. The maximum atomic E-state index is 14.8. The van der Waals surface area contributed by atoms with E-state index in [1.165, 1.54) is 41.8 Å². The molecular formula is C29H28F4N6O2S. The number of piperidine rings is 1. The van der Waals surface area contributed by atoms with E-state index in [2.05, 4.69) is 25.8 Å². The van der Waals surface area contributed by atoms with E-state index in [1.807, 2.05) is 0 Å². The number of amides is 1. The molecule has 0 aliphatic carbocycles. The van der Waals surface area contributed by atoms with E-state index in [1.54, 1.807) is 29.6 Å². The van der Waals surface area contributed by atoms with Crippen molar-refractivity contribution in [2.45, 2.75) is 25.4 Å². The summed E-state index contributed by atoms with van der Waals surface area (Å²) in [7, 11) is 1.80. The SMILES string of the molecule is CNC[C@@H]1CCCN(c2c(NC(=O)Cc3csc(-c4ccnnc4)n3)ccc(Oc3ccccc3F)c2C(F)(F)F)C1. The van der Waals surface area contributed by atoms with Gasteiger partial charge in [-0.25, -0.2) is 9.37 Å². The van der Waals surface area contributed by atoms with Crippen LogP contribution in [0, 0.1) is 11.7 Å². The van der Waals surface area contributed by atoms with E-state index in [0.29, 0.717) is 36.8 Å². The lowest BCUT2D eigenvalue weighted by atomic mass is 9.96. The molecule has 2 N–H and O–H groups in total. The third-order valence-electron chi connectivity index (χ3n) is 6.81. The number of carbonyl (C=O) groups excluding carboxylic acids is 1. The van der Waals surface area contributed by atoms with E-state index in [0.717, 1.165) is 24.1 Å². The van der Waals surface area contributed by atoms with Gasteiger partial charge in [-0.15, -0.1) is 11.3 Å². The number of hydrogen-bond donors (Lipinski definition) is 2. The minimum atomic E-state index is -4.87. The first-order chi connectivity index (χ1) is 20.2. The van der Waals surface area contributed by atoms with Crippen molar-refractivity contribution >= 4 is 28.6 Å². The summed E-state index contributed by atoms with van der Waals surface area (Å²) < 4.78 is 64.3. The number of rotatable bonds is 9. The molecule has 1 saturated heterocycles. The number of nitrogens with one attached hydrogen (secondary N) is 2. The van der Waals surface area contributed by atoms with E-state index < -0.39 is 29.2 Å². The van der Waals surface area contributed by atoms with Gasteiger partial charge in [0.2, 0.25) is 5.91 Å². The highest BCUT2D eigenvalue weighted by Crippen LogP contribution is 2.48. The largest absolute Gasteiger partial charge is 0.454 e. The van der Waals surface area contributed by atoms with Gasteiger partial charge in [0.25, 0.3) is 0 Å². The van der Waals surface area contributed by atoms with Gasteiger partial charge in [0.1, 0.15) is 16.3 Å². The van der Waals surface area contributed by atoms with Crippen molar-refractivity contribution in [2.75, 3.05) is 36.9 Å². The Kier molecular flexibility index (Phi) is 8.97. The minimum Gasteiger partial charge on any atom is -0.454 e. The summed E-state index contributed by atoms with van der Waals surface area (Å²) in [6.07, 6.45) is -0.408. The highest BCUT2D eigenvalue weighted by Gasteiger charge is 2.41. The quantitative estimate of drug-likeness (QED) is 0.222. The summed E-state index contributed by atoms with van der Waals surface area (Å²) in [5.41, 5.74) is -0.0758. The lowest BCUT2D eigenvalue weighted by molar-refractivity contribution is -0.138. The van der Waals surface area contributed by atoms with Crippen molar-refractivity contribution in [3.05, 3.63) is 77.3 Å². The van der Waals surface area contributed by atoms with Crippen LogP contribution in [0.1, 0.15) is 24.1 Å². The van der Waals surface area contributed by atoms with E-state index in [-0.39, 0.29) is 29.5 Å². The van der Waals surface area contributed by atoms with Crippen LogP contribution in [0.5, 0.6) is 11.5 Å². The number of para-hydroxylation sites is 1. The van der Waals surface area contributed by atoms with E-state index in [9.17, 15) is 22.4 Å². The number of thiazole rings is 1. The summed E-state index contributed by atoms with van der Waals surface area (Å²) in [6.45, 7) is 1.32. The molecule has 1 aliphatic heterocycles. The maximum Gasteiger partial charge on any atom is 0.422 e. The van der Waals surface area contributed by atoms with Crippen LogP contribution in [0.2, 0.25) is 0 Å². The zero-order chi connectivity index (χ0) is 29.7. The fourth-order valence-electron chi connectivity index (χ4n) is 5.03. The smallest absolute Gasteiger partial charge is 0.422 e. The van der Waals surface area contributed by atoms with Crippen molar-refractivity contribution < 1.29 is 27.1 Å². The number of halogens is 4. The van der Waals surface area contributed by atoms with Gasteiger partial charge in [-0.2, -0.15) is 23.4 Å². The van der Waals surface area contributed by atoms with Crippen LogP contribution in [0.25, 0.3) is 10.6 Å². The molecule has 1 aliphatic rings. The molecule has 2 aromatic carbocycles. The molecule has 5 rings (SSSR count). The Morgan fingerprint density at radius 3 is 2.71 bits per heavy atom. The monoisotopic (exact) mass is 600 g/mol. The lowest BCUT2D eigenvalue weighted by Gasteiger charge is -2.37. The molecule has 13 heteroatoms. The number of aromatic nitrogens is 3. The summed E-state index contributed by atoms with van der Waals surface area (Å²) in [6, 6.07) is 9.50. The first-order valence-corrected chi connectivity index (χ1v) is 14.2. The molecule has 1 fully saturated rings. The van der Waals surface area contributed by atoms with Crippen molar-refractivity contribution in [2.24, 2.45) is 5.92 Å². The van der Waals surface area contributed by atoms with E-state index >= 15 is 0 Å². The molecule has 42 heavy (non-hydrogen) atoms. The molecule has 1 amide bonds. The first-order valence-electron chi connectivity index (χ1n) is 13.3. The molecule has 0 spiro atoms. The summed E-state index contributed by atoms with van der Waals surface area (Å²) >= 11 is 1.32. The van der Waals surface area contributed by atoms with Crippen LogP contribution in [0.15, 0.2) is 60.2 Å². The van der Waals surface area contributed by atoms with E-state index in [4.69, 9.17) is 4.74 Å². The standard InChI is InChI=1S/C29H28F4N6O2S/c1-34-14-18-5-4-12-39(16-18)27-22(38-25(40)13-20-17-42-28(37-20)19-10-11-35-36-15-19)8-9-24(26(27)29(31,32)33)41-23-7-3-2-6-21(23)30/h2-3,6-11,15,17-18,34H,4-5,12-14,16H2,1H3,(H,38,40)/t18-/m0/s1. The maximum absolute atomic E-state index is 14.8. The topological polar surface area (TPSA) is 92.3 Å². The number of anilines is 2. The zero-order valence-electron chi connectivity index (χ0n) is 22.6. The van der Waals surface area contributed by atoms with Gasteiger partial charge in [-0.3, -0.25) is 4.79 Å². The van der Waals surface area contributed by atoms with Crippen LogP contribution in [-0.2, 0) is 17.4 Å². The van der Waals surface area contributed by atoms with Crippen LogP contribution in [-0.4, -0.2) is 47.8 Å². The molecule has 4 aromatic rings. The molecule has 0 radical (unpaired) electrons. The molecule has 220 valence electrons. The van der Waals surface area contributed by atoms with Crippen LogP contribution in [0.3, 0.4) is 0 Å². The highest BCUT2D eigenvalue weighted by molar-refractivity contribution is 7.13. The second kappa shape index (κ2) is 12.8. The second-order valence-electron chi connectivity index (χ2n) is 9.88. The van der Waals surface area contributed by atoms with Crippen LogP contribution in [0.4, 0.5) is 28.9 Å². The average molecular weight is 601 g/mol. The lowest BCUT2D eigenvalue weighted by Crippen LogP contribution is -2.40. The Morgan fingerprint density at radius 2 is 1.98 bits per heavy atom. The summed E-state index contributed by atoms with van der Waals surface area (Å²) in [4.78, 5) is 19.3. The Hall–Kier alpha value is -4.10. The van der Waals surface area contributed by atoms with Crippen molar-refractivity contribution in [1.82, 2.24) is 20.5 Å². The van der Waals surface area contributed by atoms with Gasteiger partial charge in [0, 0.05) is 24.0 Å². The van der Waals surface area contributed by atoms with Crippen molar-refractivity contribution in [3.63, 3.8) is 0 Å². The predicted octanol–water partition coefficient (Wildman–Crippen LogP) is 6.17. The number of alkyl halides is 3. The molecule has 0 bridgehead atoms. The van der Waals surface area contributed by atoms with Crippen molar-refractivity contribution in [3.8, 4) is 22.1 Å². The minimum absolute atomic E-state index is 0.00731. The van der Waals surface area contributed by atoms with Crippen LogP contribution < -0.4 is 20.3 Å². The van der Waals surface area contributed by atoms with Gasteiger partial charge in [0.15, 0.2) is 11.6 Å². The third-order valence-corrected chi connectivity index (χ3v) is 7.75. The summed E-state index contributed by atoms with van der Waals surface area (Å²) in [5.74, 6) is -2.10.